The Morgan fingerprint density at radius 1 is 1.60 bits per heavy atom. The molecule has 4 nitrogen and oxygen atoms in total. The number of rotatable bonds is 2. The topological polar surface area (TPSA) is 44.1 Å². The predicted molar refractivity (Wildman–Crippen MR) is 60.8 cm³/mol. The average Bonchev–Trinajstić information content (AvgIpc) is 2.43. The van der Waals surface area contributed by atoms with Crippen LogP contribution in [0, 0.1) is 0 Å². The van der Waals surface area contributed by atoms with Crippen molar-refractivity contribution in [1.29, 1.82) is 0 Å². The maximum absolute atomic E-state index is 11.8. The van der Waals surface area contributed by atoms with Crippen LogP contribution in [0.3, 0.4) is 0 Å². The molecule has 0 unspecified atom stereocenters. The molecular formula is C10H15BrN2O2. The summed E-state index contributed by atoms with van der Waals surface area (Å²) in [4.78, 5) is 11.8. The third-order valence-electron chi connectivity index (χ3n) is 1.69. The third kappa shape index (κ3) is 3.06. The molecule has 1 aromatic rings. The molecule has 0 saturated heterocycles. The van der Waals surface area contributed by atoms with Crippen molar-refractivity contribution in [3.05, 3.63) is 16.4 Å². The molecule has 0 bridgehead atoms. The lowest BCUT2D eigenvalue weighted by atomic mass is 10.2. The Kier molecular flexibility index (Phi) is 3.54. The molecular weight excluding hydrogens is 260 g/mol. The second kappa shape index (κ2) is 4.35. The summed E-state index contributed by atoms with van der Waals surface area (Å²) in [7, 11) is 0. The molecule has 0 aromatic carbocycles. The van der Waals surface area contributed by atoms with Crippen molar-refractivity contribution in [2.45, 2.75) is 39.8 Å². The van der Waals surface area contributed by atoms with E-state index in [1.165, 1.54) is 0 Å². The highest BCUT2D eigenvalue weighted by atomic mass is 79.9. The fourth-order valence-electron chi connectivity index (χ4n) is 1.13. The molecule has 0 N–H and O–H groups in total. The van der Waals surface area contributed by atoms with Crippen molar-refractivity contribution < 1.29 is 9.53 Å². The first kappa shape index (κ1) is 12.2. The van der Waals surface area contributed by atoms with E-state index in [2.05, 4.69) is 21.0 Å². The van der Waals surface area contributed by atoms with E-state index >= 15 is 0 Å². The van der Waals surface area contributed by atoms with Crippen molar-refractivity contribution >= 4 is 21.9 Å². The van der Waals surface area contributed by atoms with Gasteiger partial charge in [-0.05, 0) is 43.6 Å². The van der Waals surface area contributed by atoms with Gasteiger partial charge in [-0.15, -0.1) is 0 Å². The van der Waals surface area contributed by atoms with Crippen LogP contribution in [0.1, 0.15) is 38.2 Å². The van der Waals surface area contributed by atoms with Crippen molar-refractivity contribution in [1.82, 2.24) is 9.78 Å². The maximum atomic E-state index is 11.8. The number of hydrogen-bond acceptors (Lipinski definition) is 3. The predicted octanol–water partition coefficient (Wildman–Crippen LogP) is 2.62. The van der Waals surface area contributed by atoms with Gasteiger partial charge in [0, 0.05) is 6.54 Å². The summed E-state index contributed by atoms with van der Waals surface area (Å²) in [6.45, 7) is 8.08. The first-order valence-corrected chi connectivity index (χ1v) is 5.59. The van der Waals surface area contributed by atoms with Crippen molar-refractivity contribution in [2.24, 2.45) is 0 Å². The molecule has 0 aliphatic rings. The summed E-state index contributed by atoms with van der Waals surface area (Å²) in [6.07, 6.45) is 1.60. The normalized spacial score (nSPS) is 11.5. The van der Waals surface area contributed by atoms with Gasteiger partial charge in [-0.25, -0.2) is 4.79 Å². The van der Waals surface area contributed by atoms with Gasteiger partial charge in [0.05, 0.1) is 10.7 Å². The Morgan fingerprint density at radius 2 is 2.20 bits per heavy atom. The summed E-state index contributed by atoms with van der Waals surface area (Å²) in [6, 6.07) is 0. The van der Waals surface area contributed by atoms with Gasteiger partial charge in [0.1, 0.15) is 5.60 Å². The van der Waals surface area contributed by atoms with E-state index in [1.807, 2.05) is 27.7 Å². The number of nitrogens with zero attached hydrogens (tertiary/aromatic N) is 2. The summed E-state index contributed by atoms with van der Waals surface area (Å²) in [5, 5.41) is 4.05. The summed E-state index contributed by atoms with van der Waals surface area (Å²) < 4.78 is 7.55. The Hall–Kier alpha value is -0.840. The summed E-state index contributed by atoms with van der Waals surface area (Å²) in [5.74, 6) is -0.353. The highest BCUT2D eigenvalue weighted by molar-refractivity contribution is 9.10. The van der Waals surface area contributed by atoms with Crippen LogP contribution < -0.4 is 0 Å². The van der Waals surface area contributed by atoms with Gasteiger partial charge in [0.2, 0.25) is 0 Å². The first-order chi connectivity index (χ1) is 6.85. The molecule has 1 heterocycles. The molecule has 1 rings (SSSR count). The largest absolute Gasteiger partial charge is 0.455 e. The first-order valence-electron chi connectivity index (χ1n) is 4.80. The number of hydrogen-bond donors (Lipinski definition) is 0. The smallest absolute Gasteiger partial charge is 0.358 e. The van der Waals surface area contributed by atoms with Crippen LogP contribution in [0.2, 0.25) is 0 Å². The molecule has 0 saturated carbocycles. The quantitative estimate of drug-likeness (QED) is 0.779. The van der Waals surface area contributed by atoms with Crippen LogP contribution in [0.25, 0.3) is 0 Å². The fourth-order valence-corrected chi connectivity index (χ4v) is 1.59. The molecule has 0 radical (unpaired) electrons. The zero-order chi connectivity index (χ0) is 11.6. The van der Waals surface area contributed by atoms with Gasteiger partial charge >= 0.3 is 5.97 Å². The van der Waals surface area contributed by atoms with Crippen LogP contribution in [-0.4, -0.2) is 21.4 Å². The number of ether oxygens (including phenoxy) is 1. The van der Waals surface area contributed by atoms with Gasteiger partial charge in [-0.2, -0.15) is 5.10 Å². The maximum Gasteiger partial charge on any atom is 0.358 e. The van der Waals surface area contributed by atoms with Gasteiger partial charge in [0.15, 0.2) is 5.69 Å². The van der Waals surface area contributed by atoms with Crippen LogP contribution in [0.5, 0.6) is 0 Å². The van der Waals surface area contributed by atoms with Crippen molar-refractivity contribution in [3.8, 4) is 0 Å². The molecule has 0 amide bonds. The van der Waals surface area contributed by atoms with Gasteiger partial charge < -0.3 is 4.74 Å². The van der Waals surface area contributed by atoms with Crippen LogP contribution in [0.4, 0.5) is 0 Å². The Labute approximate surface area is 97.7 Å². The summed E-state index contributed by atoms with van der Waals surface area (Å²) >= 11 is 3.28. The lowest BCUT2D eigenvalue weighted by molar-refractivity contribution is 0.00551. The van der Waals surface area contributed by atoms with E-state index in [0.717, 1.165) is 0 Å². The number of carbonyl (C=O) groups is 1. The van der Waals surface area contributed by atoms with Gasteiger partial charge in [-0.1, -0.05) is 0 Å². The molecule has 0 atom stereocenters. The Bertz CT molecular complexity index is 366. The highest BCUT2D eigenvalue weighted by Gasteiger charge is 2.23. The summed E-state index contributed by atoms with van der Waals surface area (Å²) in [5.41, 5.74) is -0.0215. The van der Waals surface area contributed by atoms with E-state index in [-0.39, 0.29) is 5.97 Å². The molecule has 0 aliphatic heterocycles. The average molecular weight is 275 g/mol. The number of halogens is 1. The standard InChI is InChI=1S/C10H15BrN2O2/c1-5-13-8(7(11)6-12-13)9(14)15-10(2,3)4/h6H,5H2,1-4H3. The van der Waals surface area contributed by atoms with Crippen LogP contribution in [-0.2, 0) is 11.3 Å². The third-order valence-corrected chi connectivity index (χ3v) is 2.27. The zero-order valence-corrected chi connectivity index (χ0v) is 11.0. The van der Waals surface area contributed by atoms with Crippen molar-refractivity contribution in [2.75, 3.05) is 0 Å². The molecule has 0 fully saturated rings. The molecule has 1 aromatic heterocycles. The molecule has 84 valence electrons. The molecule has 0 spiro atoms. The van der Waals surface area contributed by atoms with E-state index < -0.39 is 5.60 Å². The minimum atomic E-state index is -0.487. The fraction of sp³-hybridized carbons (Fsp3) is 0.600. The minimum Gasteiger partial charge on any atom is -0.455 e. The monoisotopic (exact) mass is 274 g/mol. The van der Waals surface area contributed by atoms with E-state index in [4.69, 9.17) is 4.74 Å². The Morgan fingerprint density at radius 3 is 2.67 bits per heavy atom. The number of aryl methyl sites for hydroxylation is 1. The van der Waals surface area contributed by atoms with Gasteiger partial charge in [-0.3, -0.25) is 4.68 Å². The van der Waals surface area contributed by atoms with E-state index in [9.17, 15) is 4.79 Å². The second-order valence-corrected chi connectivity index (χ2v) is 5.01. The lowest BCUT2D eigenvalue weighted by Gasteiger charge is -2.19. The van der Waals surface area contributed by atoms with E-state index in [1.54, 1.807) is 10.9 Å². The SMILES string of the molecule is CCn1ncc(Br)c1C(=O)OC(C)(C)C. The zero-order valence-electron chi connectivity index (χ0n) is 9.37. The minimum absolute atomic E-state index is 0.353. The number of esters is 1. The van der Waals surface area contributed by atoms with E-state index in [0.29, 0.717) is 16.7 Å². The van der Waals surface area contributed by atoms with Crippen LogP contribution in [0.15, 0.2) is 10.7 Å². The molecule has 0 aliphatic carbocycles. The molecule has 15 heavy (non-hydrogen) atoms. The second-order valence-electron chi connectivity index (χ2n) is 4.16. The number of aromatic nitrogens is 2. The highest BCUT2D eigenvalue weighted by Crippen LogP contribution is 2.19. The molecule has 5 heteroatoms. The Balaban J connectivity index is 2.95. The van der Waals surface area contributed by atoms with Crippen molar-refractivity contribution in [3.63, 3.8) is 0 Å². The van der Waals surface area contributed by atoms with Gasteiger partial charge in [0.25, 0.3) is 0 Å². The lowest BCUT2D eigenvalue weighted by Crippen LogP contribution is -2.25. The van der Waals surface area contributed by atoms with Crippen LogP contribution >= 0.6 is 15.9 Å². The number of carbonyl (C=O) groups excluding carboxylic acids is 1.